The molecule has 2 aromatic carbocycles. The van der Waals surface area contributed by atoms with Gasteiger partial charge in [0, 0.05) is 35.4 Å². The Hall–Kier alpha value is -4.00. The smallest absolute Gasteiger partial charge is 0.270 e. The molecule has 0 amide bonds. The number of hydrogen-bond acceptors (Lipinski definition) is 10. The molecular formula is C16H14N6O6S. The van der Waals surface area contributed by atoms with Gasteiger partial charge in [-0.25, -0.2) is 0 Å². The van der Waals surface area contributed by atoms with E-state index in [1.54, 1.807) is 6.26 Å². The second-order valence-corrected chi connectivity index (χ2v) is 6.02. The van der Waals surface area contributed by atoms with Gasteiger partial charge >= 0.3 is 0 Å². The number of amidine groups is 1. The van der Waals surface area contributed by atoms with Crippen molar-refractivity contribution in [1.82, 2.24) is 5.43 Å². The fourth-order valence-corrected chi connectivity index (χ4v) is 2.20. The van der Waals surface area contributed by atoms with Gasteiger partial charge in [-0.15, -0.1) is 5.10 Å². The van der Waals surface area contributed by atoms with Gasteiger partial charge < -0.3 is 10.2 Å². The molecular weight excluding hydrogens is 404 g/mol. The molecule has 0 saturated heterocycles. The van der Waals surface area contributed by atoms with Gasteiger partial charge in [0.25, 0.3) is 11.4 Å². The van der Waals surface area contributed by atoms with Crippen molar-refractivity contribution in [3.8, 4) is 11.5 Å². The van der Waals surface area contributed by atoms with Gasteiger partial charge in [0.15, 0.2) is 0 Å². The number of aromatic hydroxyl groups is 2. The summed E-state index contributed by atoms with van der Waals surface area (Å²) in [6.45, 7) is 0. The van der Waals surface area contributed by atoms with E-state index in [1.807, 2.05) is 0 Å². The average Bonchev–Trinajstić information content (AvgIpc) is 2.69. The summed E-state index contributed by atoms with van der Waals surface area (Å²) < 4.78 is 0. The van der Waals surface area contributed by atoms with E-state index >= 15 is 0 Å². The highest BCUT2D eigenvalue weighted by atomic mass is 32.2. The van der Waals surface area contributed by atoms with Crippen molar-refractivity contribution in [1.29, 1.82) is 0 Å². The summed E-state index contributed by atoms with van der Waals surface area (Å²) in [5.74, 6) is -0.393. The minimum Gasteiger partial charge on any atom is -0.507 e. The maximum Gasteiger partial charge on any atom is 0.270 e. The third kappa shape index (κ3) is 6.00. The predicted molar refractivity (Wildman–Crippen MR) is 109 cm³/mol. The van der Waals surface area contributed by atoms with Crippen LogP contribution in [0.3, 0.4) is 0 Å². The topological polar surface area (TPSA) is 176 Å². The maximum absolute atomic E-state index is 10.8. The zero-order chi connectivity index (χ0) is 21.4. The molecule has 2 rings (SSSR count). The van der Waals surface area contributed by atoms with Crippen LogP contribution >= 0.6 is 11.8 Å². The van der Waals surface area contributed by atoms with Gasteiger partial charge in [-0.3, -0.25) is 25.7 Å². The van der Waals surface area contributed by atoms with E-state index < -0.39 is 9.85 Å². The molecule has 0 spiro atoms. The first-order valence-corrected chi connectivity index (χ1v) is 8.93. The van der Waals surface area contributed by atoms with Crippen LogP contribution < -0.4 is 5.43 Å². The van der Waals surface area contributed by atoms with E-state index in [1.165, 1.54) is 18.3 Å². The Morgan fingerprint density at radius 2 is 1.52 bits per heavy atom. The standard InChI is InChI=1S/C16H14N6O6S/c1-29-16(19-17-8-10-6-12(21(25)26)2-4-14(10)23)20-18-9-11-7-13(22(27)28)3-5-15(11)24/h2-9,23-24H,1H3,(H,19,20). The normalized spacial score (nSPS) is 11.8. The number of rotatable bonds is 6. The molecule has 0 aromatic heterocycles. The number of hydrogen-bond donors (Lipinski definition) is 3. The molecule has 2 aromatic rings. The summed E-state index contributed by atoms with van der Waals surface area (Å²) in [7, 11) is 0. The summed E-state index contributed by atoms with van der Waals surface area (Å²) in [5, 5.41) is 52.6. The molecule has 0 radical (unpaired) electrons. The number of phenols is 2. The van der Waals surface area contributed by atoms with Crippen molar-refractivity contribution < 1.29 is 20.1 Å². The fraction of sp³-hybridized carbons (Fsp3) is 0.0625. The van der Waals surface area contributed by atoms with Crippen LogP contribution in [0, 0.1) is 20.2 Å². The first-order chi connectivity index (χ1) is 13.8. The lowest BCUT2D eigenvalue weighted by molar-refractivity contribution is -0.385. The largest absolute Gasteiger partial charge is 0.507 e. The molecule has 29 heavy (non-hydrogen) atoms. The minimum absolute atomic E-state index is 0.105. The van der Waals surface area contributed by atoms with Crippen molar-refractivity contribution in [2.24, 2.45) is 15.3 Å². The summed E-state index contributed by atoms with van der Waals surface area (Å²) in [5.41, 5.74) is 2.35. The number of hydrazone groups is 1. The van der Waals surface area contributed by atoms with E-state index in [0.717, 1.165) is 42.2 Å². The predicted octanol–water partition coefficient (Wildman–Crippen LogP) is 2.59. The van der Waals surface area contributed by atoms with Crippen LogP contribution in [0.4, 0.5) is 11.4 Å². The number of nitro benzene ring substituents is 2. The Morgan fingerprint density at radius 1 is 1.00 bits per heavy atom. The van der Waals surface area contributed by atoms with Crippen LogP contribution in [-0.4, -0.2) is 43.9 Å². The average molecular weight is 418 g/mol. The Balaban J connectivity index is 2.12. The van der Waals surface area contributed by atoms with E-state index in [-0.39, 0.29) is 39.2 Å². The van der Waals surface area contributed by atoms with Gasteiger partial charge in [-0.1, -0.05) is 11.8 Å². The molecule has 150 valence electrons. The SMILES string of the molecule is CSC(=NN=Cc1cc([N+](=O)[O-])ccc1O)NN=Cc1cc([N+](=O)[O-])ccc1O. The summed E-state index contributed by atoms with van der Waals surface area (Å²) in [6.07, 6.45) is 3.98. The highest BCUT2D eigenvalue weighted by Crippen LogP contribution is 2.22. The van der Waals surface area contributed by atoms with Crippen LogP contribution in [0.5, 0.6) is 11.5 Å². The molecule has 13 heteroatoms. The van der Waals surface area contributed by atoms with E-state index in [2.05, 4.69) is 20.7 Å². The van der Waals surface area contributed by atoms with Crippen molar-refractivity contribution in [2.45, 2.75) is 0 Å². The minimum atomic E-state index is -0.604. The van der Waals surface area contributed by atoms with Crippen molar-refractivity contribution >= 4 is 40.7 Å². The molecule has 0 atom stereocenters. The number of phenolic OH excluding ortho intramolecular Hbond substituents is 2. The van der Waals surface area contributed by atoms with E-state index in [4.69, 9.17) is 0 Å². The van der Waals surface area contributed by atoms with Crippen molar-refractivity contribution in [3.05, 3.63) is 67.8 Å². The van der Waals surface area contributed by atoms with Gasteiger partial charge in [-0.2, -0.15) is 10.2 Å². The zero-order valence-corrected chi connectivity index (χ0v) is 15.6. The molecule has 0 aliphatic carbocycles. The highest BCUT2D eigenvalue weighted by molar-refractivity contribution is 8.13. The molecule has 0 aliphatic rings. The molecule has 0 heterocycles. The number of nitro groups is 2. The third-order valence-corrected chi connectivity index (χ3v) is 3.91. The second-order valence-electron chi connectivity index (χ2n) is 5.22. The zero-order valence-electron chi connectivity index (χ0n) is 14.8. The molecule has 0 bridgehead atoms. The van der Waals surface area contributed by atoms with Crippen molar-refractivity contribution in [2.75, 3.05) is 6.26 Å². The molecule has 3 N–H and O–H groups in total. The Kier molecular flexibility index (Phi) is 7.20. The quantitative estimate of drug-likeness (QED) is 0.277. The molecule has 0 aliphatic heterocycles. The number of nitrogens with zero attached hydrogens (tertiary/aromatic N) is 5. The highest BCUT2D eigenvalue weighted by Gasteiger charge is 2.09. The van der Waals surface area contributed by atoms with Gasteiger partial charge in [0.2, 0.25) is 5.17 Å². The van der Waals surface area contributed by atoms with Crippen LogP contribution in [0.15, 0.2) is 51.7 Å². The van der Waals surface area contributed by atoms with Gasteiger partial charge in [0.05, 0.1) is 22.3 Å². The molecule has 0 unspecified atom stereocenters. The number of benzene rings is 2. The van der Waals surface area contributed by atoms with Crippen LogP contribution in [-0.2, 0) is 0 Å². The third-order valence-electron chi connectivity index (χ3n) is 3.35. The summed E-state index contributed by atoms with van der Waals surface area (Å²) >= 11 is 1.13. The Morgan fingerprint density at radius 3 is 2.00 bits per heavy atom. The maximum atomic E-state index is 10.8. The lowest BCUT2D eigenvalue weighted by Gasteiger charge is -2.01. The van der Waals surface area contributed by atoms with E-state index in [9.17, 15) is 30.4 Å². The molecule has 12 nitrogen and oxygen atoms in total. The van der Waals surface area contributed by atoms with Gasteiger partial charge in [-0.05, 0) is 18.4 Å². The van der Waals surface area contributed by atoms with Crippen LogP contribution in [0.1, 0.15) is 11.1 Å². The summed E-state index contributed by atoms with van der Waals surface area (Å²) in [6, 6.07) is 6.96. The molecule has 0 fully saturated rings. The monoisotopic (exact) mass is 418 g/mol. The lowest BCUT2D eigenvalue weighted by Crippen LogP contribution is -2.13. The first kappa shape index (κ1) is 21.3. The second kappa shape index (κ2) is 9.80. The fourth-order valence-electron chi connectivity index (χ4n) is 1.93. The van der Waals surface area contributed by atoms with Crippen LogP contribution in [0.25, 0.3) is 0 Å². The number of non-ortho nitro benzene ring substituents is 2. The number of nitrogens with one attached hydrogen (secondary N) is 1. The Labute approximate surface area is 167 Å². The Bertz CT molecular complexity index is 1020. The first-order valence-electron chi connectivity index (χ1n) is 7.70. The molecule has 0 saturated carbocycles. The number of thioether (sulfide) groups is 1. The van der Waals surface area contributed by atoms with Crippen molar-refractivity contribution in [3.63, 3.8) is 0 Å². The van der Waals surface area contributed by atoms with Crippen LogP contribution in [0.2, 0.25) is 0 Å². The van der Waals surface area contributed by atoms with Gasteiger partial charge in [0.1, 0.15) is 11.5 Å². The van der Waals surface area contributed by atoms with E-state index in [0.29, 0.717) is 0 Å². The summed E-state index contributed by atoms with van der Waals surface area (Å²) in [4.78, 5) is 20.4. The lowest BCUT2D eigenvalue weighted by atomic mass is 10.2.